The molecule has 1 aromatic heterocycles. The average molecular weight is 379 g/mol. The van der Waals surface area contributed by atoms with E-state index >= 15 is 0 Å². The van der Waals surface area contributed by atoms with E-state index in [1.54, 1.807) is 24.4 Å². The summed E-state index contributed by atoms with van der Waals surface area (Å²) in [6.45, 7) is 2.16. The molecule has 0 atom stereocenters. The number of aromatic nitrogens is 1. The van der Waals surface area contributed by atoms with E-state index in [2.05, 4.69) is 22.1 Å². The zero-order chi connectivity index (χ0) is 18.1. The molecule has 130 valence electrons. The minimum atomic E-state index is -0.302. The Hall–Kier alpha value is -2.42. The second-order valence-corrected chi connectivity index (χ2v) is 5.76. The van der Waals surface area contributed by atoms with E-state index in [0.717, 1.165) is 5.69 Å². The molecule has 0 bridgehead atoms. The third kappa shape index (κ3) is 6.92. The predicted molar refractivity (Wildman–Crippen MR) is 97.2 cm³/mol. The van der Waals surface area contributed by atoms with Gasteiger partial charge in [0.05, 0.1) is 17.8 Å². The summed E-state index contributed by atoms with van der Waals surface area (Å²) in [7, 11) is 0. The zero-order valence-corrected chi connectivity index (χ0v) is 15.0. The maximum Gasteiger partial charge on any atom is 0.258 e. The third-order valence-electron chi connectivity index (χ3n) is 2.95. The predicted octanol–water partition coefficient (Wildman–Crippen LogP) is 3.27. The highest BCUT2D eigenvalue weighted by Gasteiger charge is 2.05. The largest absolute Gasteiger partial charge is 0.482 e. The maximum absolute atomic E-state index is 11.7. The Kier molecular flexibility index (Phi) is 7.39. The number of halogens is 2. The van der Waals surface area contributed by atoms with Gasteiger partial charge in [-0.25, -0.2) is 0 Å². The smallest absolute Gasteiger partial charge is 0.258 e. The first kappa shape index (κ1) is 18.9. The summed E-state index contributed by atoms with van der Waals surface area (Å²) >= 11 is 11.7. The molecule has 0 saturated carbocycles. The topological polar surface area (TPSA) is 60.5 Å². The van der Waals surface area contributed by atoms with Crippen LogP contribution in [0.5, 0.6) is 11.5 Å². The highest BCUT2D eigenvalue weighted by atomic mass is 35.5. The van der Waals surface area contributed by atoms with Crippen LogP contribution < -0.4 is 14.8 Å². The molecule has 0 radical (unpaired) electrons. The first-order chi connectivity index (χ1) is 12.0. The van der Waals surface area contributed by atoms with Crippen LogP contribution in [0, 0.1) is 18.8 Å². The van der Waals surface area contributed by atoms with Crippen LogP contribution in [0.4, 0.5) is 0 Å². The van der Waals surface area contributed by atoms with Crippen molar-refractivity contribution in [2.75, 3.05) is 19.8 Å². The molecule has 0 saturated heterocycles. The lowest BCUT2D eigenvalue weighted by Crippen LogP contribution is -2.29. The van der Waals surface area contributed by atoms with E-state index in [1.165, 1.54) is 0 Å². The summed E-state index contributed by atoms with van der Waals surface area (Å²) in [5.41, 5.74) is 0.920. The lowest BCUT2D eigenvalue weighted by molar-refractivity contribution is -0.122. The molecule has 1 amide bonds. The minimum Gasteiger partial charge on any atom is -0.482 e. The van der Waals surface area contributed by atoms with Gasteiger partial charge in [-0.3, -0.25) is 9.78 Å². The molecule has 0 unspecified atom stereocenters. The minimum absolute atomic E-state index is 0.158. The molecule has 0 aliphatic carbocycles. The number of ether oxygens (including phenoxy) is 2. The van der Waals surface area contributed by atoms with E-state index in [-0.39, 0.29) is 25.7 Å². The SMILES string of the molecule is Cc1ccc(OCC#CCNC(=O)COc2ccc(Cl)cc2Cl)cn1. The Balaban J connectivity index is 1.64. The van der Waals surface area contributed by atoms with Crippen LogP contribution in [0.1, 0.15) is 5.69 Å². The molecule has 2 rings (SSSR count). The highest BCUT2D eigenvalue weighted by Crippen LogP contribution is 2.27. The fourth-order valence-electron chi connectivity index (χ4n) is 1.70. The number of rotatable bonds is 6. The van der Waals surface area contributed by atoms with E-state index in [9.17, 15) is 4.79 Å². The van der Waals surface area contributed by atoms with Gasteiger partial charge in [0.25, 0.3) is 5.91 Å². The van der Waals surface area contributed by atoms with Gasteiger partial charge in [0.15, 0.2) is 6.61 Å². The van der Waals surface area contributed by atoms with Gasteiger partial charge in [-0.05, 0) is 37.3 Å². The van der Waals surface area contributed by atoms with Crippen LogP contribution in [-0.2, 0) is 4.79 Å². The van der Waals surface area contributed by atoms with Crippen LogP contribution in [0.15, 0.2) is 36.5 Å². The van der Waals surface area contributed by atoms with Crippen LogP contribution in [-0.4, -0.2) is 30.6 Å². The van der Waals surface area contributed by atoms with E-state index in [0.29, 0.717) is 21.5 Å². The first-order valence-corrected chi connectivity index (χ1v) is 8.16. The average Bonchev–Trinajstić information content (AvgIpc) is 2.59. The number of aryl methyl sites for hydroxylation is 1. The van der Waals surface area contributed by atoms with Crippen molar-refractivity contribution < 1.29 is 14.3 Å². The fourth-order valence-corrected chi connectivity index (χ4v) is 2.16. The number of carbonyl (C=O) groups is 1. The van der Waals surface area contributed by atoms with Crippen molar-refractivity contribution in [3.05, 3.63) is 52.3 Å². The Morgan fingerprint density at radius 2 is 2.04 bits per heavy atom. The van der Waals surface area contributed by atoms with Crippen molar-refractivity contribution in [2.24, 2.45) is 0 Å². The lowest BCUT2D eigenvalue weighted by atomic mass is 10.3. The summed E-state index contributed by atoms with van der Waals surface area (Å²) in [6, 6.07) is 8.47. The molecular weight excluding hydrogens is 363 g/mol. The van der Waals surface area contributed by atoms with E-state index < -0.39 is 0 Å². The standard InChI is InChI=1S/C18H16Cl2N2O3/c1-13-4-6-15(11-22-13)24-9-3-2-8-21-18(23)12-25-17-7-5-14(19)10-16(17)20/h4-7,10-11H,8-9,12H2,1H3,(H,21,23). The van der Waals surface area contributed by atoms with Gasteiger partial charge < -0.3 is 14.8 Å². The summed E-state index contributed by atoms with van der Waals surface area (Å²) in [6.07, 6.45) is 1.64. The van der Waals surface area contributed by atoms with Crippen LogP contribution >= 0.6 is 23.2 Å². The number of nitrogens with zero attached hydrogens (tertiary/aromatic N) is 1. The summed E-state index contributed by atoms with van der Waals surface area (Å²) < 4.78 is 10.7. The Morgan fingerprint density at radius 1 is 1.20 bits per heavy atom. The summed E-state index contributed by atoms with van der Waals surface area (Å²) in [4.78, 5) is 15.8. The van der Waals surface area contributed by atoms with Crippen molar-refractivity contribution in [1.82, 2.24) is 10.3 Å². The molecule has 1 heterocycles. The lowest BCUT2D eigenvalue weighted by Gasteiger charge is -2.07. The molecule has 0 aliphatic heterocycles. The first-order valence-electron chi connectivity index (χ1n) is 7.40. The normalized spacial score (nSPS) is 9.72. The number of carbonyl (C=O) groups excluding carboxylic acids is 1. The van der Waals surface area contributed by atoms with Crippen LogP contribution in [0.25, 0.3) is 0 Å². The number of benzene rings is 1. The van der Waals surface area contributed by atoms with Gasteiger partial charge in [-0.15, -0.1) is 0 Å². The molecule has 0 fully saturated rings. The quantitative estimate of drug-likeness (QED) is 0.783. The second kappa shape index (κ2) is 9.77. The number of amides is 1. The van der Waals surface area contributed by atoms with Crippen molar-refractivity contribution >= 4 is 29.1 Å². The van der Waals surface area contributed by atoms with Gasteiger partial charge in [0.1, 0.15) is 18.1 Å². The Morgan fingerprint density at radius 3 is 2.76 bits per heavy atom. The van der Waals surface area contributed by atoms with Gasteiger partial charge >= 0.3 is 0 Å². The number of hydrogen-bond donors (Lipinski definition) is 1. The zero-order valence-electron chi connectivity index (χ0n) is 13.5. The van der Waals surface area contributed by atoms with Crippen molar-refractivity contribution in [1.29, 1.82) is 0 Å². The second-order valence-electron chi connectivity index (χ2n) is 4.92. The van der Waals surface area contributed by atoms with E-state index in [1.807, 2.05) is 19.1 Å². The molecule has 5 nitrogen and oxygen atoms in total. The summed E-state index contributed by atoms with van der Waals surface area (Å²) in [5.74, 6) is 6.33. The molecule has 2 aromatic rings. The Labute approximate surface area is 156 Å². The van der Waals surface area contributed by atoms with Crippen molar-refractivity contribution in [2.45, 2.75) is 6.92 Å². The monoisotopic (exact) mass is 378 g/mol. The van der Waals surface area contributed by atoms with Gasteiger partial charge in [-0.2, -0.15) is 0 Å². The number of pyridine rings is 1. The molecular formula is C18H16Cl2N2O3. The van der Waals surface area contributed by atoms with Gasteiger partial charge in [0, 0.05) is 10.7 Å². The van der Waals surface area contributed by atoms with Gasteiger partial charge in [-0.1, -0.05) is 35.0 Å². The molecule has 1 aromatic carbocycles. The molecule has 0 spiro atoms. The number of nitrogens with one attached hydrogen (secondary N) is 1. The van der Waals surface area contributed by atoms with Crippen LogP contribution in [0.2, 0.25) is 10.0 Å². The molecule has 7 heteroatoms. The highest BCUT2D eigenvalue weighted by molar-refractivity contribution is 6.35. The third-order valence-corrected chi connectivity index (χ3v) is 3.48. The van der Waals surface area contributed by atoms with Crippen molar-refractivity contribution in [3.8, 4) is 23.3 Å². The molecule has 25 heavy (non-hydrogen) atoms. The van der Waals surface area contributed by atoms with Crippen molar-refractivity contribution in [3.63, 3.8) is 0 Å². The fraction of sp³-hybridized carbons (Fsp3) is 0.222. The summed E-state index contributed by atoms with van der Waals surface area (Å²) in [5, 5.41) is 3.47. The van der Waals surface area contributed by atoms with Gasteiger partial charge in [0.2, 0.25) is 0 Å². The van der Waals surface area contributed by atoms with E-state index in [4.69, 9.17) is 32.7 Å². The molecule has 1 N–H and O–H groups in total. The Bertz CT molecular complexity index is 783. The van der Waals surface area contributed by atoms with Crippen LogP contribution in [0.3, 0.4) is 0 Å². The maximum atomic E-state index is 11.7. The molecule has 0 aliphatic rings. The number of hydrogen-bond acceptors (Lipinski definition) is 4.